The number of aryl methyl sites for hydroxylation is 2. The Hall–Kier alpha value is -2.95. The van der Waals surface area contributed by atoms with E-state index in [0.29, 0.717) is 41.9 Å². The highest BCUT2D eigenvalue weighted by atomic mass is 16.2. The van der Waals surface area contributed by atoms with E-state index in [4.69, 9.17) is 4.98 Å². The minimum Gasteiger partial charge on any atom is -0.352 e. The number of hydrogen-bond donors (Lipinski definition) is 2. The van der Waals surface area contributed by atoms with Crippen LogP contribution in [0.25, 0.3) is 22.4 Å². The molecule has 1 heterocycles. The molecule has 5 heteroatoms. The minimum atomic E-state index is -0.325. The summed E-state index contributed by atoms with van der Waals surface area (Å²) in [5.41, 5.74) is 6.31. The Kier molecular flexibility index (Phi) is 2.93. The van der Waals surface area contributed by atoms with Gasteiger partial charge in [-0.3, -0.25) is 9.59 Å². The fraction of sp³-hybridized carbons (Fsp3) is 0.444. The van der Waals surface area contributed by atoms with Crippen molar-refractivity contribution in [2.75, 3.05) is 0 Å². The van der Waals surface area contributed by atoms with Gasteiger partial charge in [0.05, 0.1) is 16.4 Å². The lowest BCUT2D eigenvalue weighted by molar-refractivity contribution is -0.248. The Morgan fingerprint density at radius 3 is 2.69 bits per heavy atom. The fourth-order valence-electron chi connectivity index (χ4n) is 8.94. The van der Waals surface area contributed by atoms with Crippen LogP contribution in [0, 0.1) is 60.7 Å². The number of benzene rings is 2. The number of aromatic nitrogens is 2. The van der Waals surface area contributed by atoms with Gasteiger partial charge in [-0.05, 0) is 78.7 Å². The molecule has 0 spiro atoms. The molecule has 3 aromatic rings. The van der Waals surface area contributed by atoms with Crippen LogP contribution in [0.1, 0.15) is 23.1 Å². The molecule has 32 heavy (non-hydrogen) atoms. The number of fused-ring (bicyclic) bond motifs is 1. The molecule has 2 N–H and O–H groups in total. The predicted octanol–water partition coefficient (Wildman–Crippen LogP) is 3.79. The average molecular weight is 424 g/mol. The zero-order chi connectivity index (χ0) is 21.5. The van der Waals surface area contributed by atoms with Crippen molar-refractivity contribution < 1.29 is 9.59 Å². The Morgan fingerprint density at radius 1 is 1.12 bits per heavy atom. The van der Waals surface area contributed by atoms with Crippen LogP contribution >= 0.6 is 0 Å². The molecule has 5 nitrogen and oxygen atoms in total. The number of amides is 1. The van der Waals surface area contributed by atoms with Crippen LogP contribution in [-0.2, 0) is 16.1 Å². The summed E-state index contributed by atoms with van der Waals surface area (Å²) in [6.07, 6.45) is 1.21. The normalized spacial score (nSPS) is 38.9. The first-order chi connectivity index (χ1) is 15.5. The van der Waals surface area contributed by atoms with Gasteiger partial charge in [-0.1, -0.05) is 24.3 Å². The van der Waals surface area contributed by atoms with Crippen LogP contribution < -0.4 is 5.32 Å². The molecule has 8 atom stereocenters. The number of hydrogen-bond acceptors (Lipinski definition) is 3. The number of ketones is 1. The number of imidazole rings is 1. The number of carbonyl (C=O) groups is 2. The Morgan fingerprint density at radius 2 is 1.91 bits per heavy atom. The molecule has 2 aromatic carbocycles. The van der Waals surface area contributed by atoms with Gasteiger partial charge in [0.2, 0.25) is 5.91 Å². The lowest BCUT2D eigenvalue weighted by Gasteiger charge is -2.70. The minimum absolute atomic E-state index is 0.0500. The number of H-pyrrole nitrogens is 1. The van der Waals surface area contributed by atoms with Gasteiger partial charge in [0.15, 0.2) is 0 Å². The highest BCUT2D eigenvalue weighted by Crippen LogP contribution is 2.92. The molecule has 1 aromatic heterocycles. The van der Waals surface area contributed by atoms with Gasteiger partial charge in [-0.15, -0.1) is 0 Å². The van der Waals surface area contributed by atoms with E-state index in [-0.39, 0.29) is 23.2 Å². The summed E-state index contributed by atoms with van der Waals surface area (Å²) < 4.78 is 0. The van der Waals surface area contributed by atoms with Crippen LogP contribution in [0.2, 0.25) is 0 Å². The topological polar surface area (TPSA) is 74.8 Å². The van der Waals surface area contributed by atoms with E-state index < -0.39 is 0 Å². The van der Waals surface area contributed by atoms with Crippen molar-refractivity contribution in [1.29, 1.82) is 0 Å². The molecule has 160 valence electrons. The van der Waals surface area contributed by atoms with E-state index in [1.165, 1.54) is 17.5 Å². The molecule has 0 saturated heterocycles. The van der Waals surface area contributed by atoms with Crippen molar-refractivity contribution in [1.82, 2.24) is 15.3 Å². The molecule has 9 rings (SSSR count). The number of Topliss-reactive ketones (excluding diaryl/α,β-unsaturated/α-hetero) is 1. The Labute approximate surface area is 186 Å². The summed E-state index contributed by atoms with van der Waals surface area (Å²) in [6, 6.07) is 12.5. The lowest BCUT2D eigenvalue weighted by Crippen LogP contribution is -2.75. The van der Waals surface area contributed by atoms with Gasteiger partial charge in [0.1, 0.15) is 11.6 Å². The predicted molar refractivity (Wildman–Crippen MR) is 119 cm³/mol. The van der Waals surface area contributed by atoms with Crippen molar-refractivity contribution in [3.05, 3.63) is 53.1 Å². The third-order valence-corrected chi connectivity index (χ3v) is 10.0. The van der Waals surface area contributed by atoms with E-state index in [2.05, 4.69) is 60.5 Å². The summed E-state index contributed by atoms with van der Waals surface area (Å²) in [5.74, 6) is 4.42. The van der Waals surface area contributed by atoms with Gasteiger partial charge >= 0.3 is 0 Å². The molecule has 4 bridgehead atoms. The van der Waals surface area contributed by atoms with Gasteiger partial charge in [0, 0.05) is 23.9 Å². The first-order valence-corrected chi connectivity index (χ1v) is 11.9. The third-order valence-electron chi connectivity index (χ3n) is 10.0. The van der Waals surface area contributed by atoms with Crippen molar-refractivity contribution in [2.24, 2.45) is 46.8 Å². The molecule has 0 aliphatic heterocycles. The molecule has 1 amide bonds. The highest BCUT2D eigenvalue weighted by molar-refractivity contribution is 6.04. The summed E-state index contributed by atoms with van der Waals surface area (Å²) in [6.45, 7) is 4.73. The first-order valence-electron chi connectivity index (χ1n) is 11.9. The number of carbonyl (C=O) groups excluding carboxylic acids is 2. The van der Waals surface area contributed by atoms with Gasteiger partial charge in [-0.2, -0.15) is 0 Å². The smallest absolute Gasteiger partial charge is 0.227 e. The largest absolute Gasteiger partial charge is 0.352 e. The van der Waals surface area contributed by atoms with Crippen LogP contribution in [0.3, 0.4) is 0 Å². The van der Waals surface area contributed by atoms with Crippen LogP contribution in [0.5, 0.6) is 0 Å². The maximum Gasteiger partial charge on any atom is 0.227 e. The molecule has 6 aliphatic carbocycles. The zero-order valence-corrected chi connectivity index (χ0v) is 18.2. The second-order valence-electron chi connectivity index (χ2n) is 10.9. The average Bonchev–Trinajstić information content (AvgIpc) is 3.44. The van der Waals surface area contributed by atoms with Crippen LogP contribution in [0.15, 0.2) is 36.4 Å². The van der Waals surface area contributed by atoms with Crippen molar-refractivity contribution in [3.63, 3.8) is 0 Å². The van der Waals surface area contributed by atoms with E-state index in [0.717, 1.165) is 28.0 Å². The number of rotatable bonds is 4. The molecule has 8 unspecified atom stereocenters. The summed E-state index contributed by atoms with van der Waals surface area (Å²) in [4.78, 5) is 34.2. The molecular weight excluding hydrogens is 398 g/mol. The summed E-state index contributed by atoms with van der Waals surface area (Å²) >= 11 is 0. The second-order valence-corrected chi connectivity index (χ2v) is 10.9. The lowest BCUT2D eigenvalue weighted by atomic mass is 9.31. The number of aromatic amines is 1. The van der Waals surface area contributed by atoms with E-state index in [1.54, 1.807) is 0 Å². The van der Waals surface area contributed by atoms with Crippen molar-refractivity contribution >= 4 is 22.7 Å². The van der Waals surface area contributed by atoms with E-state index in [9.17, 15) is 9.59 Å². The molecular formula is C27H25N3O2. The van der Waals surface area contributed by atoms with E-state index in [1.807, 2.05) is 0 Å². The van der Waals surface area contributed by atoms with Gasteiger partial charge in [0.25, 0.3) is 0 Å². The summed E-state index contributed by atoms with van der Waals surface area (Å²) in [7, 11) is 0. The molecule has 6 fully saturated rings. The fourth-order valence-corrected chi connectivity index (χ4v) is 8.94. The molecule has 0 radical (unpaired) electrons. The maximum atomic E-state index is 13.3. The third kappa shape index (κ3) is 1.70. The first kappa shape index (κ1) is 17.6. The SMILES string of the molecule is Cc1cc2nc(-c3ccc(CNC(=O)C45C6C(=O)C7C8CC(C74)C5C86)cc3)[nH]c2cc1C. The maximum absolute atomic E-state index is 13.3. The molecule has 6 saturated carbocycles. The quantitative estimate of drug-likeness (QED) is 0.671. The zero-order valence-electron chi connectivity index (χ0n) is 18.2. The monoisotopic (exact) mass is 423 g/mol. The van der Waals surface area contributed by atoms with Crippen molar-refractivity contribution in [3.8, 4) is 11.4 Å². The Balaban J connectivity index is 1.00. The Bertz CT molecular complexity index is 1330. The van der Waals surface area contributed by atoms with E-state index >= 15 is 0 Å². The van der Waals surface area contributed by atoms with Gasteiger partial charge in [-0.25, -0.2) is 4.98 Å². The van der Waals surface area contributed by atoms with Crippen LogP contribution in [-0.4, -0.2) is 21.7 Å². The van der Waals surface area contributed by atoms with Crippen LogP contribution in [0.4, 0.5) is 0 Å². The van der Waals surface area contributed by atoms with Crippen molar-refractivity contribution in [2.45, 2.75) is 26.8 Å². The van der Waals surface area contributed by atoms with Gasteiger partial charge < -0.3 is 10.3 Å². The number of nitrogens with one attached hydrogen (secondary N) is 2. The summed E-state index contributed by atoms with van der Waals surface area (Å²) in [5, 5.41) is 3.20. The standard InChI is InChI=1S/C27H25N3O2/c1-11-7-17-18(8-12(11)2)30-25(29-17)14-5-3-13(4-6-14)10-28-26(32)27-21-16-9-15-19(21)23(27)24(31)20(15)22(16)27/h3-8,15-16,19-23H,9-10H2,1-2H3,(H,28,32)(H,29,30). The number of nitrogens with zero attached hydrogens (tertiary/aromatic N) is 1. The highest BCUT2D eigenvalue weighted by Gasteiger charge is 2.96. The second kappa shape index (κ2) is 5.33. The molecule has 6 aliphatic rings.